The number of carbonyl (C=O) groups excluding carboxylic acids is 1. The van der Waals surface area contributed by atoms with Crippen molar-refractivity contribution in [3.8, 4) is 0 Å². The lowest BCUT2D eigenvalue weighted by atomic mass is 9.97. The zero-order valence-electron chi connectivity index (χ0n) is 13.2. The van der Waals surface area contributed by atoms with Crippen LogP contribution in [0.4, 0.5) is 11.4 Å². The molecule has 1 aliphatic heterocycles. The predicted octanol–water partition coefficient (Wildman–Crippen LogP) is 2.14. The van der Waals surface area contributed by atoms with Gasteiger partial charge in [-0.2, -0.15) is 0 Å². The number of nitrogens with zero attached hydrogens (tertiary/aromatic N) is 2. The first kappa shape index (κ1) is 19.9. The van der Waals surface area contributed by atoms with Crippen LogP contribution in [-0.4, -0.2) is 45.9 Å². The maximum atomic E-state index is 12.3. The SMILES string of the molecule is CC(C(=O)Nc1ccc([N+](=O)[O-])cc1)N1CCCC(C(=O)O)C1.Cl. The molecule has 0 bridgehead atoms. The monoisotopic (exact) mass is 357 g/mol. The molecule has 1 aliphatic rings. The Bertz CT molecular complexity index is 608. The Kier molecular flexibility index (Phi) is 7.12. The Morgan fingerprint density at radius 2 is 2.00 bits per heavy atom. The quantitative estimate of drug-likeness (QED) is 0.616. The van der Waals surface area contributed by atoms with Crippen LogP contribution in [0.5, 0.6) is 0 Å². The lowest BCUT2D eigenvalue weighted by Crippen LogP contribution is -2.48. The molecular formula is C15H20ClN3O5. The number of amides is 1. The summed E-state index contributed by atoms with van der Waals surface area (Å²) in [7, 11) is 0. The molecule has 1 saturated heterocycles. The molecule has 8 nitrogen and oxygen atoms in total. The smallest absolute Gasteiger partial charge is 0.307 e. The molecule has 1 amide bonds. The molecule has 2 unspecified atom stereocenters. The summed E-state index contributed by atoms with van der Waals surface area (Å²) in [4.78, 5) is 35.3. The Morgan fingerprint density at radius 1 is 1.38 bits per heavy atom. The van der Waals surface area contributed by atoms with Crippen LogP contribution in [-0.2, 0) is 9.59 Å². The zero-order valence-corrected chi connectivity index (χ0v) is 14.0. The Morgan fingerprint density at radius 3 is 2.54 bits per heavy atom. The molecule has 2 rings (SSSR count). The number of hydrogen-bond donors (Lipinski definition) is 2. The number of non-ortho nitro benzene ring substituents is 1. The molecule has 2 atom stereocenters. The maximum Gasteiger partial charge on any atom is 0.307 e. The largest absolute Gasteiger partial charge is 0.481 e. The van der Waals surface area contributed by atoms with Crippen LogP contribution >= 0.6 is 12.4 Å². The third kappa shape index (κ3) is 4.90. The van der Waals surface area contributed by atoms with Crippen molar-refractivity contribution in [3.63, 3.8) is 0 Å². The molecule has 0 saturated carbocycles. The number of carboxylic acids is 1. The number of anilines is 1. The van der Waals surface area contributed by atoms with Gasteiger partial charge in [-0.15, -0.1) is 12.4 Å². The summed E-state index contributed by atoms with van der Waals surface area (Å²) in [5.41, 5.74) is 0.427. The van der Waals surface area contributed by atoms with Crippen molar-refractivity contribution in [3.05, 3.63) is 34.4 Å². The third-order valence-corrected chi connectivity index (χ3v) is 4.07. The number of benzene rings is 1. The Balaban J connectivity index is 0.00000288. The van der Waals surface area contributed by atoms with Crippen molar-refractivity contribution in [2.45, 2.75) is 25.8 Å². The predicted molar refractivity (Wildman–Crippen MR) is 90.4 cm³/mol. The minimum atomic E-state index is -0.835. The van der Waals surface area contributed by atoms with Gasteiger partial charge in [-0.1, -0.05) is 0 Å². The van der Waals surface area contributed by atoms with E-state index in [1.54, 1.807) is 6.92 Å². The lowest BCUT2D eigenvalue weighted by Gasteiger charge is -2.34. The van der Waals surface area contributed by atoms with E-state index < -0.39 is 22.9 Å². The highest BCUT2D eigenvalue weighted by molar-refractivity contribution is 5.94. The minimum absolute atomic E-state index is 0. The second-order valence-corrected chi connectivity index (χ2v) is 5.64. The number of piperidine rings is 1. The average Bonchev–Trinajstić information content (AvgIpc) is 2.54. The molecule has 1 fully saturated rings. The molecule has 1 aromatic rings. The highest BCUT2D eigenvalue weighted by Crippen LogP contribution is 2.20. The fourth-order valence-electron chi connectivity index (χ4n) is 2.64. The van der Waals surface area contributed by atoms with Gasteiger partial charge in [-0.3, -0.25) is 24.6 Å². The summed E-state index contributed by atoms with van der Waals surface area (Å²) in [6, 6.07) is 5.12. The number of likely N-dealkylation sites (tertiary alicyclic amines) is 1. The standard InChI is InChI=1S/C15H19N3O5.ClH/c1-10(17-8-2-3-11(9-17)15(20)21)14(19)16-12-4-6-13(7-5-12)18(22)23;/h4-7,10-11H,2-3,8-9H2,1H3,(H,16,19)(H,20,21);1H. The van der Waals surface area contributed by atoms with Crippen molar-refractivity contribution >= 4 is 35.7 Å². The molecule has 24 heavy (non-hydrogen) atoms. The van der Waals surface area contributed by atoms with Crippen LogP contribution in [0.25, 0.3) is 0 Å². The second kappa shape index (κ2) is 8.60. The van der Waals surface area contributed by atoms with Gasteiger partial charge in [0, 0.05) is 24.4 Å². The van der Waals surface area contributed by atoms with E-state index >= 15 is 0 Å². The van der Waals surface area contributed by atoms with E-state index in [4.69, 9.17) is 5.11 Å². The van der Waals surface area contributed by atoms with E-state index in [0.717, 1.165) is 6.42 Å². The molecule has 2 N–H and O–H groups in total. The van der Waals surface area contributed by atoms with Crippen molar-refractivity contribution in [1.82, 2.24) is 4.90 Å². The average molecular weight is 358 g/mol. The highest BCUT2D eigenvalue weighted by Gasteiger charge is 2.30. The molecule has 132 valence electrons. The number of hydrogen-bond acceptors (Lipinski definition) is 5. The van der Waals surface area contributed by atoms with Crippen LogP contribution in [0.1, 0.15) is 19.8 Å². The molecule has 9 heteroatoms. The first-order valence-electron chi connectivity index (χ1n) is 7.40. The van der Waals surface area contributed by atoms with Crippen molar-refractivity contribution < 1.29 is 19.6 Å². The van der Waals surface area contributed by atoms with Crippen LogP contribution in [0.3, 0.4) is 0 Å². The molecule has 0 aromatic heterocycles. The van der Waals surface area contributed by atoms with E-state index in [0.29, 0.717) is 25.2 Å². The zero-order chi connectivity index (χ0) is 17.0. The molecule has 1 heterocycles. The van der Waals surface area contributed by atoms with Gasteiger partial charge in [-0.05, 0) is 38.4 Å². The number of rotatable bonds is 5. The van der Waals surface area contributed by atoms with Crippen molar-refractivity contribution in [1.29, 1.82) is 0 Å². The highest BCUT2D eigenvalue weighted by atomic mass is 35.5. The molecule has 0 spiro atoms. The van der Waals surface area contributed by atoms with Crippen LogP contribution < -0.4 is 5.32 Å². The van der Waals surface area contributed by atoms with E-state index in [2.05, 4.69) is 5.32 Å². The molecule has 1 aromatic carbocycles. The van der Waals surface area contributed by atoms with Crippen LogP contribution in [0.15, 0.2) is 24.3 Å². The number of carboxylic acid groups (broad SMARTS) is 1. The number of nitro groups is 1. The van der Waals surface area contributed by atoms with E-state index in [9.17, 15) is 19.7 Å². The summed E-state index contributed by atoms with van der Waals surface area (Å²) >= 11 is 0. The summed E-state index contributed by atoms with van der Waals surface area (Å²) in [6.07, 6.45) is 1.37. The summed E-state index contributed by atoms with van der Waals surface area (Å²) in [5.74, 6) is -1.54. The van der Waals surface area contributed by atoms with Gasteiger partial charge in [0.15, 0.2) is 0 Å². The first-order valence-corrected chi connectivity index (χ1v) is 7.40. The summed E-state index contributed by atoms with van der Waals surface area (Å²) in [6.45, 7) is 2.76. The van der Waals surface area contributed by atoms with Crippen molar-refractivity contribution in [2.75, 3.05) is 18.4 Å². The van der Waals surface area contributed by atoms with Crippen LogP contribution in [0.2, 0.25) is 0 Å². The minimum Gasteiger partial charge on any atom is -0.481 e. The fraction of sp³-hybridized carbons (Fsp3) is 0.467. The number of nitro benzene ring substituents is 1. The van der Waals surface area contributed by atoms with Crippen LogP contribution in [0, 0.1) is 16.0 Å². The van der Waals surface area contributed by atoms with E-state index in [1.807, 2.05) is 4.90 Å². The van der Waals surface area contributed by atoms with Gasteiger partial charge >= 0.3 is 5.97 Å². The van der Waals surface area contributed by atoms with E-state index in [1.165, 1.54) is 24.3 Å². The Hall–Kier alpha value is -2.19. The normalized spacial score (nSPS) is 19.0. The molecule has 0 aliphatic carbocycles. The third-order valence-electron chi connectivity index (χ3n) is 4.07. The van der Waals surface area contributed by atoms with Gasteiger partial charge in [0.2, 0.25) is 5.91 Å². The lowest BCUT2D eigenvalue weighted by molar-refractivity contribution is -0.384. The molecule has 0 radical (unpaired) electrons. The number of carbonyl (C=O) groups is 2. The topological polar surface area (TPSA) is 113 Å². The summed E-state index contributed by atoms with van der Waals surface area (Å²) < 4.78 is 0. The van der Waals surface area contributed by atoms with E-state index in [-0.39, 0.29) is 24.0 Å². The first-order chi connectivity index (χ1) is 10.9. The fourth-order valence-corrected chi connectivity index (χ4v) is 2.64. The second-order valence-electron chi connectivity index (χ2n) is 5.64. The number of nitrogens with one attached hydrogen (secondary N) is 1. The maximum absolute atomic E-state index is 12.3. The van der Waals surface area contributed by atoms with Gasteiger partial charge in [0.25, 0.3) is 5.69 Å². The number of halogens is 1. The van der Waals surface area contributed by atoms with Gasteiger partial charge < -0.3 is 10.4 Å². The Labute approximate surface area is 145 Å². The van der Waals surface area contributed by atoms with Gasteiger partial charge in [0.05, 0.1) is 16.9 Å². The summed E-state index contributed by atoms with van der Waals surface area (Å²) in [5, 5.41) is 22.4. The molecular weight excluding hydrogens is 338 g/mol. The van der Waals surface area contributed by atoms with Gasteiger partial charge in [-0.25, -0.2) is 0 Å². The number of aliphatic carboxylic acids is 1. The van der Waals surface area contributed by atoms with Gasteiger partial charge in [0.1, 0.15) is 0 Å². The van der Waals surface area contributed by atoms with Crippen molar-refractivity contribution in [2.24, 2.45) is 5.92 Å².